The largest absolute Gasteiger partial charge is 0.192 e. The maximum absolute atomic E-state index is 10.0. The van der Waals surface area contributed by atoms with Gasteiger partial charge < -0.3 is 0 Å². The molecule has 4 nitrogen and oxygen atoms in total. The molecule has 292 valence electrons. The van der Waals surface area contributed by atoms with Gasteiger partial charge in [-0.1, -0.05) is 119 Å². The van der Waals surface area contributed by atoms with Crippen LogP contribution >= 0.6 is 45.3 Å². The molecule has 0 spiro atoms. The van der Waals surface area contributed by atoms with E-state index in [9.17, 15) is 21.0 Å². The van der Waals surface area contributed by atoms with Gasteiger partial charge in [0, 0.05) is 29.6 Å². The van der Waals surface area contributed by atoms with Gasteiger partial charge in [0.1, 0.15) is 35.4 Å². The number of aryl methyl sites for hydroxylation is 4. The Morgan fingerprint density at radius 2 is 0.694 bits per heavy atom. The summed E-state index contributed by atoms with van der Waals surface area (Å²) >= 11 is 6.58. The van der Waals surface area contributed by atoms with Crippen LogP contribution in [0.25, 0.3) is 29.9 Å². The van der Waals surface area contributed by atoms with Crippen LogP contribution < -0.4 is 9.06 Å². The first kappa shape index (κ1) is 38.1. The molecule has 0 saturated carbocycles. The van der Waals surface area contributed by atoms with Crippen molar-refractivity contribution in [3.05, 3.63) is 217 Å². The number of benzene rings is 5. The number of nitriles is 4. The van der Waals surface area contributed by atoms with Gasteiger partial charge in [-0.05, 0) is 95.8 Å². The smallest absolute Gasteiger partial charge is 0.146 e. The van der Waals surface area contributed by atoms with Crippen LogP contribution in [0.15, 0.2) is 121 Å². The fourth-order valence-electron chi connectivity index (χ4n) is 9.97. The lowest BCUT2D eigenvalue weighted by Gasteiger charge is -2.36. The lowest BCUT2D eigenvalue weighted by atomic mass is 9.65. The van der Waals surface area contributed by atoms with Gasteiger partial charge in [-0.25, -0.2) is 0 Å². The molecular formula is C54H32N4S4. The Bertz CT molecular complexity index is 3540. The monoisotopic (exact) mass is 864 g/mol. The summed E-state index contributed by atoms with van der Waals surface area (Å²) in [6, 6.07) is 53.4. The SMILES string of the molecule is Cc1ccc(C2(c3ccc(C)cc3)c3cc4c(cc3=c3sc5cc(=C(C#N)C#N)sc5c32)C(c2ccc(C)cc2)(c2ccc(C)cc2)c2c=4sc3cc(=C(C#N)C#N)sc23)cc1. The number of rotatable bonds is 4. The van der Waals surface area contributed by atoms with Crippen LogP contribution in [0.5, 0.6) is 0 Å². The van der Waals surface area contributed by atoms with Crippen LogP contribution in [-0.4, -0.2) is 0 Å². The predicted molar refractivity (Wildman–Crippen MR) is 252 cm³/mol. The van der Waals surface area contributed by atoms with E-state index >= 15 is 0 Å². The number of hydrogen-bond acceptors (Lipinski definition) is 8. The molecule has 0 bridgehead atoms. The minimum Gasteiger partial charge on any atom is -0.192 e. The molecule has 5 aromatic carbocycles. The lowest BCUT2D eigenvalue weighted by Crippen LogP contribution is -2.31. The molecule has 2 aliphatic rings. The third-order valence-corrected chi connectivity index (χ3v) is 17.8. The summed E-state index contributed by atoms with van der Waals surface area (Å²) in [7, 11) is 0. The van der Waals surface area contributed by atoms with E-state index in [-0.39, 0.29) is 11.1 Å². The zero-order valence-electron chi connectivity index (χ0n) is 34.0. The summed E-state index contributed by atoms with van der Waals surface area (Å²) in [5.41, 5.74) is 12.9. The minimum absolute atomic E-state index is 0.126. The Morgan fingerprint density at radius 1 is 0.403 bits per heavy atom. The van der Waals surface area contributed by atoms with E-state index in [1.54, 1.807) is 45.3 Å². The average Bonchev–Trinajstić information content (AvgIpc) is 4.12. The molecule has 0 saturated heterocycles. The van der Waals surface area contributed by atoms with Gasteiger partial charge in [0.2, 0.25) is 0 Å². The molecule has 0 radical (unpaired) electrons. The fraction of sp³-hybridized carbons (Fsp3) is 0.111. The van der Waals surface area contributed by atoms with Crippen LogP contribution in [0.4, 0.5) is 0 Å². The highest BCUT2D eigenvalue weighted by Crippen LogP contribution is 2.59. The molecular weight excluding hydrogens is 833 g/mol. The van der Waals surface area contributed by atoms with E-state index in [0.717, 1.165) is 41.1 Å². The van der Waals surface area contributed by atoms with Gasteiger partial charge in [-0.2, -0.15) is 21.0 Å². The van der Waals surface area contributed by atoms with Crippen LogP contribution in [0, 0.1) is 92.5 Å². The Labute approximate surface area is 373 Å². The quantitative estimate of drug-likeness (QED) is 0.176. The second kappa shape index (κ2) is 13.8. The zero-order valence-corrected chi connectivity index (χ0v) is 37.2. The van der Waals surface area contributed by atoms with Crippen LogP contribution in [0.3, 0.4) is 0 Å². The molecule has 4 heterocycles. The average molecular weight is 865 g/mol. The molecule has 0 atom stereocenters. The zero-order chi connectivity index (χ0) is 42.7. The maximum Gasteiger partial charge on any atom is 0.146 e. The van der Waals surface area contributed by atoms with Crippen molar-refractivity contribution in [2.45, 2.75) is 38.5 Å². The molecule has 62 heavy (non-hydrogen) atoms. The topological polar surface area (TPSA) is 95.2 Å². The summed E-state index contributed by atoms with van der Waals surface area (Å²) < 4.78 is 8.06. The third-order valence-electron chi connectivity index (χ3n) is 12.8. The minimum atomic E-state index is -0.731. The van der Waals surface area contributed by atoms with Crippen molar-refractivity contribution in [1.29, 1.82) is 21.0 Å². The lowest BCUT2D eigenvalue weighted by molar-refractivity contribution is 0.751. The van der Waals surface area contributed by atoms with Crippen molar-refractivity contribution < 1.29 is 0 Å². The summed E-state index contributed by atoms with van der Waals surface area (Å²) in [5.74, 6) is 0. The summed E-state index contributed by atoms with van der Waals surface area (Å²) in [4.78, 5) is 0. The van der Waals surface area contributed by atoms with Gasteiger partial charge in [0.25, 0.3) is 0 Å². The second-order valence-electron chi connectivity index (χ2n) is 16.3. The second-order valence-corrected chi connectivity index (χ2v) is 20.5. The van der Waals surface area contributed by atoms with Crippen molar-refractivity contribution in [2.75, 3.05) is 0 Å². The molecule has 9 aromatic rings. The van der Waals surface area contributed by atoms with Crippen molar-refractivity contribution in [3.63, 3.8) is 0 Å². The molecule has 0 aliphatic heterocycles. The number of hydrogen-bond donors (Lipinski definition) is 0. The fourth-order valence-corrected chi connectivity index (χ4v) is 15.4. The highest BCUT2D eigenvalue weighted by molar-refractivity contribution is 7.27. The summed E-state index contributed by atoms with van der Waals surface area (Å²) in [5, 5.41) is 42.4. The van der Waals surface area contributed by atoms with Crippen LogP contribution in [0.2, 0.25) is 0 Å². The van der Waals surface area contributed by atoms with E-state index in [0.29, 0.717) is 9.06 Å². The number of fused-ring (bicyclic) bond motifs is 8. The van der Waals surface area contributed by atoms with Crippen LogP contribution in [0.1, 0.15) is 66.8 Å². The number of thiophene rings is 4. The Kier molecular flexibility index (Phi) is 8.49. The van der Waals surface area contributed by atoms with Crippen molar-refractivity contribution in [2.24, 2.45) is 0 Å². The molecule has 2 aliphatic carbocycles. The predicted octanol–water partition coefficient (Wildman–Crippen LogP) is 11.8. The van der Waals surface area contributed by atoms with Gasteiger partial charge in [0.15, 0.2) is 0 Å². The van der Waals surface area contributed by atoms with Crippen molar-refractivity contribution in [3.8, 4) is 24.3 Å². The standard InChI is InChI=1S/C54H32N4S4/c1-29-5-13-35(14-6-29)53(36-15-7-30(2)8-16-36)41-21-40-42(22-39(41)49-47(53)51-45(61-49)23-43(59-51)33(25-55)26-56)54(37-17-9-31(3)10-18-37,38-19-11-32(4)12-20-38)48-50(40)62-46-24-44(60-52(46)48)34(27-57)28-58/h5-24H,1-4H3. The van der Waals surface area contributed by atoms with Gasteiger partial charge in [-0.3, -0.25) is 0 Å². The van der Waals surface area contributed by atoms with Gasteiger partial charge in [-0.15, -0.1) is 45.3 Å². The molecule has 4 aromatic heterocycles. The first-order chi connectivity index (χ1) is 30.1. The van der Waals surface area contributed by atoms with E-state index in [4.69, 9.17) is 0 Å². The van der Waals surface area contributed by atoms with E-state index < -0.39 is 10.8 Å². The maximum atomic E-state index is 10.0. The normalized spacial score (nSPS) is 13.7. The first-order valence-electron chi connectivity index (χ1n) is 20.1. The molecule has 0 N–H and O–H groups in total. The first-order valence-corrected chi connectivity index (χ1v) is 23.4. The molecule has 0 fully saturated rings. The highest BCUT2D eigenvalue weighted by Gasteiger charge is 2.50. The highest BCUT2D eigenvalue weighted by atomic mass is 32.1. The Hall–Kier alpha value is -6.88. The number of nitrogens with zero attached hydrogens (tertiary/aromatic N) is 4. The van der Waals surface area contributed by atoms with E-state index in [2.05, 4.69) is 161 Å². The van der Waals surface area contributed by atoms with Crippen molar-refractivity contribution in [1.82, 2.24) is 0 Å². The Morgan fingerprint density at radius 3 is 0.968 bits per heavy atom. The van der Waals surface area contributed by atoms with Gasteiger partial charge in [0.05, 0.1) is 29.3 Å². The van der Waals surface area contributed by atoms with Crippen molar-refractivity contribution >= 4 is 75.3 Å². The summed E-state index contributed by atoms with van der Waals surface area (Å²) in [6.07, 6.45) is 0. The van der Waals surface area contributed by atoms with E-state index in [1.807, 2.05) is 12.1 Å². The molecule has 8 heteroatoms. The Balaban J connectivity index is 1.40. The molecule has 0 unspecified atom stereocenters. The summed E-state index contributed by atoms with van der Waals surface area (Å²) in [6.45, 7) is 8.49. The van der Waals surface area contributed by atoms with Crippen LogP contribution in [-0.2, 0) is 10.8 Å². The third kappa shape index (κ3) is 5.05. The molecule has 11 rings (SSSR count). The van der Waals surface area contributed by atoms with E-state index in [1.165, 1.54) is 64.0 Å². The van der Waals surface area contributed by atoms with Gasteiger partial charge >= 0.3 is 0 Å². The molecule has 0 amide bonds.